The fourth-order valence-electron chi connectivity index (χ4n) is 2.59. The molecule has 2 saturated carbocycles. The van der Waals surface area contributed by atoms with Crippen molar-refractivity contribution in [3.63, 3.8) is 0 Å². The normalized spacial score (nSPS) is 14.9. The predicted octanol–water partition coefficient (Wildman–Crippen LogP) is 3.29. The van der Waals surface area contributed by atoms with Gasteiger partial charge in [0.15, 0.2) is 0 Å². The van der Waals surface area contributed by atoms with Crippen LogP contribution >= 0.6 is 0 Å². The molecule has 0 unspecified atom stereocenters. The van der Waals surface area contributed by atoms with E-state index in [1.165, 1.54) is 45.2 Å². The number of pyridine rings is 2. The van der Waals surface area contributed by atoms with Crippen LogP contribution in [0.2, 0.25) is 0 Å². The summed E-state index contributed by atoms with van der Waals surface area (Å²) in [5, 5.41) is 15.2. The van der Waals surface area contributed by atoms with Crippen molar-refractivity contribution in [2.24, 2.45) is 11.8 Å². The maximum atomic E-state index is 11.2. The van der Waals surface area contributed by atoms with E-state index in [2.05, 4.69) is 25.3 Å². The SMILES string of the molecule is COC(=O)c1cncc(NCC2CC2)c1.O=C(O)c1cncc(NCC2CC2)c1. The number of rotatable bonds is 8. The number of methoxy groups -OCH3 is 1. The first-order valence-corrected chi connectivity index (χ1v) is 9.74. The van der Waals surface area contributed by atoms with Crippen LogP contribution in [0.1, 0.15) is 46.4 Å². The lowest BCUT2D eigenvalue weighted by atomic mass is 10.2. The molecule has 2 fully saturated rings. The number of hydrogen-bond acceptors (Lipinski definition) is 7. The van der Waals surface area contributed by atoms with Gasteiger partial charge in [0.25, 0.3) is 0 Å². The Labute approximate surface area is 169 Å². The molecule has 0 bridgehead atoms. The molecule has 0 atom stereocenters. The Morgan fingerprint density at radius 3 is 1.86 bits per heavy atom. The molecule has 0 saturated heterocycles. The van der Waals surface area contributed by atoms with Crippen molar-refractivity contribution < 1.29 is 19.4 Å². The van der Waals surface area contributed by atoms with Gasteiger partial charge >= 0.3 is 11.9 Å². The van der Waals surface area contributed by atoms with E-state index in [0.29, 0.717) is 5.56 Å². The molecular formula is C21H26N4O4. The quantitative estimate of drug-likeness (QED) is 0.581. The van der Waals surface area contributed by atoms with E-state index in [9.17, 15) is 9.59 Å². The molecule has 2 aliphatic rings. The highest BCUT2D eigenvalue weighted by molar-refractivity contribution is 5.90. The Morgan fingerprint density at radius 2 is 1.41 bits per heavy atom. The predicted molar refractivity (Wildman–Crippen MR) is 109 cm³/mol. The molecule has 2 aliphatic carbocycles. The van der Waals surface area contributed by atoms with Crippen molar-refractivity contribution in [2.45, 2.75) is 25.7 Å². The van der Waals surface area contributed by atoms with E-state index in [1.807, 2.05) is 0 Å². The summed E-state index contributed by atoms with van der Waals surface area (Å²) in [5.74, 6) is 0.278. The van der Waals surface area contributed by atoms with Crippen molar-refractivity contribution in [1.82, 2.24) is 9.97 Å². The first-order chi connectivity index (χ1) is 14.0. The molecule has 0 spiro atoms. The number of carboxylic acid groups (broad SMARTS) is 1. The smallest absolute Gasteiger partial charge is 0.339 e. The molecule has 8 heteroatoms. The Morgan fingerprint density at radius 1 is 0.931 bits per heavy atom. The number of hydrogen-bond donors (Lipinski definition) is 3. The Kier molecular flexibility index (Phi) is 6.99. The minimum absolute atomic E-state index is 0.228. The average molecular weight is 398 g/mol. The number of carbonyl (C=O) groups is 2. The molecule has 2 aromatic rings. The lowest BCUT2D eigenvalue weighted by Gasteiger charge is -2.05. The van der Waals surface area contributed by atoms with Gasteiger partial charge in [-0.15, -0.1) is 0 Å². The van der Waals surface area contributed by atoms with Gasteiger partial charge in [0.2, 0.25) is 0 Å². The van der Waals surface area contributed by atoms with E-state index in [1.54, 1.807) is 24.5 Å². The Bertz CT molecular complexity index is 850. The molecule has 8 nitrogen and oxygen atoms in total. The van der Waals surface area contributed by atoms with Gasteiger partial charge in [-0.25, -0.2) is 9.59 Å². The van der Waals surface area contributed by atoms with Gasteiger partial charge in [0, 0.05) is 37.9 Å². The van der Waals surface area contributed by atoms with Gasteiger partial charge in [0.05, 0.1) is 29.6 Å². The monoisotopic (exact) mass is 398 g/mol. The summed E-state index contributed by atoms with van der Waals surface area (Å²) in [6, 6.07) is 3.37. The van der Waals surface area contributed by atoms with E-state index in [-0.39, 0.29) is 11.5 Å². The lowest BCUT2D eigenvalue weighted by Crippen LogP contribution is -2.06. The zero-order valence-electron chi connectivity index (χ0n) is 16.4. The highest BCUT2D eigenvalue weighted by Crippen LogP contribution is 2.29. The van der Waals surface area contributed by atoms with E-state index >= 15 is 0 Å². The molecule has 2 aromatic heterocycles. The van der Waals surface area contributed by atoms with Crippen LogP contribution in [0.15, 0.2) is 36.9 Å². The number of anilines is 2. The second kappa shape index (κ2) is 9.86. The fraction of sp³-hybridized carbons (Fsp3) is 0.429. The molecule has 0 radical (unpaired) electrons. The van der Waals surface area contributed by atoms with Gasteiger partial charge in [-0.05, 0) is 49.7 Å². The van der Waals surface area contributed by atoms with Gasteiger partial charge in [-0.2, -0.15) is 0 Å². The first-order valence-electron chi connectivity index (χ1n) is 9.74. The summed E-state index contributed by atoms with van der Waals surface area (Å²) in [4.78, 5) is 29.7. The summed E-state index contributed by atoms with van der Waals surface area (Å²) >= 11 is 0. The van der Waals surface area contributed by atoms with Crippen molar-refractivity contribution in [2.75, 3.05) is 30.8 Å². The van der Waals surface area contributed by atoms with Crippen LogP contribution in [0.3, 0.4) is 0 Å². The number of carboxylic acids is 1. The number of carbonyl (C=O) groups excluding carboxylic acids is 1. The van der Waals surface area contributed by atoms with Gasteiger partial charge in [-0.1, -0.05) is 0 Å². The molecule has 29 heavy (non-hydrogen) atoms. The van der Waals surface area contributed by atoms with Crippen LogP contribution in [0, 0.1) is 11.8 Å². The second-order valence-electron chi connectivity index (χ2n) is 7.37. The molecule has 0 aliphatic heterocycles. The minimum atomic E-state index is -0.937. The summed E-state index contributed by atoms with van der Waals surface area (Å²) in [5.41, 5.74) is 2.38. The van der Waals surface area contributed by atoms with E-state index in [0.717, 1.165) is 36.3 Å². The number of ether oxygens (including phenoxy) is 1. The third-order valence-corrected chi connectivity index (χ3v) is 4.73. The summed E-state index contributed by atoms with van der Waals surface area (Å²) in [6.45, 7) is 1.89. The molecular weight excluding hydrogens is 372 g/mol. The molecule has 3 N–H and O–H groups in total. The third-order valence-electron chi connectivity index (χ3n) is 4.73. The number of nitrogens with one attached hydrogen (secondary N) is 2. The maximum Gasteiger partial charge on any atom is 0.339 e. The van der Waals surface area contributed by atoms with Crippen molar-refractivity contribution >= 4 is 23.3 Å². The van der Waals surface area contributed by atoms with Crippen molar-refractivity contribution in [3.8, 4) is 0 Å². The molecule has 0 amide bonds. The molecule has 154 valence electrons. The van der Waals surface area contributed by atoms with Crippen LogP contribution in [0.4, 0.5) is 11.4 Å². The second-order valence-corrected chi connectivity index (χ2v) is 7.37. The van der Waals surface area contributed by atoms with Crippen LogP contribution in [0.5, 0.6) is 0 Å². The van der Waals surface area contributed by atoms with Gasteiger partial charge < -0.3 is 20.5 Å². The maximum absolute atomic E-state index is 11.2. The van der Waals surface area contributed by atoms with Gasteiger partial charge in [-0.3, -0.25) is 9.97 Å². The third kappa shape index (κ3) is 7.06. The average Bonchev–Trinajstić information content (AvgIpc) is 3.65. The number of nitrogens with zero attached hydrogens (tertiary/aromatic N) is 2. The Balaban J connectivity index is 0.000000166. The molecule has 0 aromatic carbocycles. The highest BCUT2D eigenvalue weighted by Gasteiger charge is 2.21. The largest absolute Gasteiger partial charge is 0.478 e. The van der Waals surface area contributed by atoms with Gasteiger partial charge in [0.1, 0.15) is 0 Å². The number of aromatic nitrogens is 2. The zero-order chi connectivity index (χ0) is 20.6. The topological polar surface area (TPSA) is 113 Å². The lowest BCUT2D eigenvalue weighted by molar-refractivity contribution is 0.0599. The number of aromatic carboxylic acids is 1. The molecule has 4 rings (SSSR count). The van der Waals surface area contributed by atoms with Crippen LogP contribution in [-0.4, -0.2) is 47.2 Å². The highest BCUT2D eigenvalue weighted by atomic mass is 16.5. The summed E-state index contributed by atoms with van der Waals surface area (Å²) in [7, 11) is 1.37. The van der Waals surface area contributed by atoms with E-state index in [4.69, 9.17) is 5.11 Å². The van der Waals surface area contributed by atoms with Crippen LogP contribution in [0.25, 0.3) is 0 Å². The zero-order valence-corrected chi connectivity index (χ0v) is 16.4. The summed E-state index contributed by atoms with van der Waals surface area (Å²) < 4.78 is 4.62. The first kappa shape index (κ1) is 20.6. The minimum Gasteiger partial charge on any atom is -0.478 e. The van der Waals surface area contributed by atoms with Crippen LogP contribution < -0.4 is 10.6 Å². The summed E-state index contributed by atoms with van der Waals surface area (Å²) in [6.07, 6.45) is 11.4. The van der Waals surface area contributed by atoms with Crippen molar-refractivity contribution in [3.05, 3.63) is 48.0 Å². The number of esters is 1. The van der Waals surface area contributed by atoms with Crippen molar-refractivity contribution in [1.29, 1.82) is 0 Å². The molecule has 2 heterocycles. The Hall–Kier alpha value is -3.16. The fourth-order valence-corrected chi connectivity index (χ4v) is 2.59. The standard InChI is InChI=1S/C11H14N2O2.C10H12N2O2/c1-15-11(14)9-4-10(7-12-6-9)13-5-8-2-3-8;13-10(14)8-3-9(6-11-5-8)12-4-7-1-2-7/h4,6-8,13H,2-3,5H2,1H3;3,5-7,12H,1-2,4H2,(H,13,14). The van der Waals surface area contributed by atoms with E-state index < -0.39 is 5.97 Å². The van der Waals surface area contributed by atoms with Crippen LogP contribution in [-0.2, 0) is 4.74 Å².